The molecule has 0 amide bonds. The molecule has 0 aliphatic heterocycles. The highest BCUT2D eigenvalue weighted by Gasteiger charge is 2.17. The minimum absolute atomic E-state index is 0.0421. The first kappa shape index (κ1) is 15.7. The van der Waals surface area contributed by atoms with Gasteiger partial charge < -0.3 is 16.2 Å². The number of anilines is 2. The summed E-state index contributed by atoms with van der Waals surface area (Å²) in [6.07, 6.45) is 0. The topological polar surface area (TPSA) is 140 Å². The molecule has 0 unspecified atom stereocenters. The summed E-state index contributed by atoms with van der Waals surface area (Å²) in [6, 6.07) is 8.64. The van der Waals surface area contributed by atoms with Gasteiger partial charge in [-0.05, 0) is 30.3 Å². The van der Waals surface area contributed by atoms with Crippen molar-refractivity contribution in [3.05, 3.63) is 36.4 Å². The van der Waals surface area contributed by atoms with Crippen LogP contribution in [0.15, 0.2) is 51.5 Å². The number of methoxy groups -OCH3 is 1. The van der Waals surface area contributed by atoms with E-state index in [1.54, 1.807) is 12.1 Å². The molecule has 116 valence electrons. The van der Waals surface area contributed by atoms with Crippen molar-refractivity contribution in [3.8, 4) is 5.75 Å². The molecule has 2 aromatic rings. The number of ether oxygens (including phenoxy) is 1. The lowest BCUT2D eigenvalue weighted by Crippen LogP contribution is -1.99. The van der Waals surface area contributed by atoms with Crippen LogP contribution >= 0.6 is 0 Å². The zero-order chi connectivity index (χ0) is 16.3. The average molecular weight is 322 g/mol. The molecule has 5 N–H and O–H groups in total. The maximum Gasteiger partial charge on any atom is 0.296 e. The maximum absolute atomic E-state index is 11.4. The molecule has 0 bridgehead atoms. The van der Waals surface area contributed by atoms with Gasteiger partial charge in [-0.15, -0.1) is 10.2 Å². The minimum atomic E-state index is -4.47. The average Bonchev–Trinajstić information content (AvgIpc) is 2.45. The third kappa shape index (κ3) is 3.51. The fourth-order valence-corrected chi connectivity index (χ4v) is 2.32. The van der Waals surface area contributed by atoms with Gasteiger partial charge in [0.25, 0.3) is 10.1 Å². The van der Waals surface area contributed by atoms with E-state index in [9.17, 15) is 13.0 Å². The second kappa shape index (κ2) is 6.00. The maximum atomic E-state index is 11.4. The largest absolute Gasteiger partial charge is 0.497 e. The third-order valence-corrected chi connectivity index (χ3v) is 3.64. The Morgan fingerprint density at radius 2 is 1.68 bits per heavy atom. The number of nitrogens with zero attached hydrogens (tertiary/aromatic N) is 2. The van der Waals surface area contributed by atoms with Crippen molar-refractivity contribution < 1.29 is 17.7 Å². The first-order chi connectivity index (χ1) is 10.3. The number of benzene rings is 2. The molecule has 0 radical (unpaired) electrons. The number of nitrogens with two attached hydrogens (primary N) is 2. The quantitative estimate of drug-likeness (QED) is 0.449. The van der Waals surface area contributed by atoms with Crippen LogP contribution in [0, 0.1) is 0 Å². The van der Waals surface area contributed by atoms with Crippen molar-refractivity contribution in [2.24, 2.45) is 10.2 Å². The highest BCUT2D eigenvalue weighted by atomic mass is 32.2. The summed E-state index contributed by atoms with van der Waals surface area (Å²) in [5.74, 6) is 0.263. The van der Waals surface area contributed by atoms with E-state index in [-0.39, 0.29) is 11.4 Å². The van der Waals surface area contributed by atoms with E-state index in [2.05, 4.69) is 10.2 Å². The molecular weight excluding hydrogens is 308 g/mol. The molecule has 0 saturated heterocycles. The predicted molar refractivity (Wildman–Crippen MR) is 82.3 cm³/mol. The van der Waals surface area contributed by atoms with Crippen molar-refractivity contribution in [2.45, 2.75) is 4.90 Å². The van der Waals surface area contributed by atoms with Crippen molar-refractivity contribution in [1.82, 2.24) is 0 Å². The van der Waals surface area contributed by atoms with Crippen LogP contribution in [-0.4, -0.2) is 20.1 Å². The van der Waals surface area contributed by atoms with Gasteiger partial charge in [0.05, 0.1) is 12.8 Å². The lowest BCUT2D eigenvalue weighted by atomic mass is 10.2. The van der Waals surface area contributed by atoms with Gasteiger partial charge in [0, 0.05) is 11.8 Å². The second-order valence-corrected chi connectivity index (χ2v) is 5.72. The van der Waals surface area contributed by atoms with Crippen LogP contribution in [0.5, 0.6) is 5.75 Å². The summed E-state index contributed by atoms with van der Waals surface area (Å²) >= 11 is 0. The molecule has 2 aromatic carbocycles. The lowest BCUT2D eigenvalue weighted by Gasteiger charge is -2.05. The fourth-order valence-electron chi connectivity index (χ4n) is 1.68. The van der Waals surface area contributed by atoms with Crippen LogP contribution in [0.25, 0.3) is 0 Å². The molecule has 0 heterocycles. The summed E-state index contributed by atoms with van der Waals surface area (Å²) in [5, 5.41) is 7.69. The van der Waals surface area contributed by atoms with Crippen molar-refractivity contribution in [2.75, 3.05) is 18.6 Å². The molecule has 0 atom stereocenters. The van der Waals surface area contributed by atoms with Gasteiger partial charge in [0.15, 0.2) is 0 Å². The minimum Gasteiger partial charge on any atom is -0.497 e. The van der Waals surface area contributed by atoms with Crippen LogP contribution < -0.4 is 16.2 Å². The van der Waals surface area contributed by atoms with Crippen molar-refractivity contribution >= 4 is 32.9 Å². The Bertz CT molecular complexity index is 834. The van der Waals surface area contributed by atoms with E-state index in [1.165, 1.54) is 25.3 Å². The lowest BCUT2D eigenvalue weighted by molar-refractivity contribution is 0.412. The molecule has 0 fully saturated rings. The molecule has 2 rings (SSSR count). The van der Waals surface area contributed by atoms with Gasteiger partial charge in [-0.2, -0.15) is 8.42 Å². The Balaban J connectivity index is 2.47. The number of hydrogen-bond donors (Lipinski definition) is 3. The van der Waals surface area contributed by atoms with Gasteiger partial charge in [-0.1, -0.05) is 0 Å². The number of hydrogen-bond acceptors (Lipinski definition) is 7. The second-order valence-electron chi connectivity index (χ2n) is 4.33. The smallest absolute Gasteiger partial charge is 0.296 e. The van der Waals surface area contributed by atoms with Crippen molar-refractivity contribution in [1.29, 1.82) is 0 Å². The molecule has 9 heteroatoms. The Kier molecular flexibility index (Phi) is 4.29. The molecule has 0 spiro atoms. The number of nitrogen functional groups attached to an aromatic ring is 2. The highest BCUT2D eigenvalue weighted by Crippen LogP contribution is 2.31. The molecule has 0 aromatic heterocycles. The first-order valence-corrected chi connectivity index (χ1v) is 7.47. The SMILES string of the molecule is COc1ccc(/N=N/c2ccc(N)cc2N)c(S(=O)(=O)O)c1. The van der Waals surface area contributed by atoms with E-state index in [0.717, 1.165) is 6.07 Å². The highest BCUT2D eigenvalue weighted by molar-refractivity contribution is 7.86. The predicted octanol–water partition coefficient (Wildman–Crippen LogP) is 2.52. The van der Waals surface area contributed by atoms with Gasteiger partial charge in [-0.25, -0.2) is 0 Å². The van der Waals surface area contributed by atoms with E-state index < -0.39 is 15.0 Å². The summed E-state index contributed by atoms with van der Waals surface area (Å²) in [4.78, 5) is -0.412. The first-order valence-electron chi connectivity index (χ1n) is 6.03. The Labute approximate surface area is 127 Å². The summed E-state index contributed by atoms with van der Waals surface area (Å²) < 4.78 is 37.0. The monoisotopic (exact) mass is 322 g/mol. The van der Waals surface area contributed by atoms with Gasteiger partial charge in [-0.3, -0.25) is 4.55 Å². The van der Waals surface area contributed by atoms with Gasteiger partial charge in [0.1, 0.15) is 22.0 Å². The van der Waals surface area contributed by atoms with Crippen molar-refractivity contribution in [3.63, 3.8) is 0 Å². The van der Waals surface area contributed by atoms with Crippen LogP contribution in [0.1, 0.15) is 0 Å². The molecule has 0 aliphatic rings. The zero-order valence-electron chi connectivity index (χ0n) is 11.6. The molecule has 22 heavy (non-hydrogen) atoms. The third-order valence-electron chi connectivity index (χ3n) is 2.76. The number of rotatable bonds is 4. The van der Waals surface area contributed by atoms with E-state index in [4.69, 9.17) is 16.2 Å². The van der Waals surface area contributed by atoms with Crippen LogP contribution in [-0.2, 0) is 10.1 Å². The summed E-state index contributed by atoms with van der Waals surface area (Å²) in [5.41, 5.74) is 12.4. The summed E-state index contributed by atoms with van der Waals surface area (Å²) in [6.45, 7) is 0. The zero-order valence-corrected chi connectivity index (χ0v) is 12.4. The van der Waals surface area contributed by atoms with Crippen LogP contribution in [0.3, 0.4) is 0 Å². The van der Waals surface area contributed by atoms with Crippen LogP contribution in [0.4, 0.5) is 22.7 Å². The molecule has 0 aliphatic carbocycles. The standard InChI is InChI=1S/C13H14N4O4S/c1-21-9-3-5-12(13(7-9)22(18,19)20)17-16-11-4-2-8(14)6-10(11)15/h2-7H,14-15H2,1H3,(H,18,19,20)/b17-16+. The number of azo groups is 1. The van der Waals surface area contributed by atoms with E-state index in [1.807, 2.05) is 0 Å². The molecule has 0 saturated carbocycles. The van der Waals surface area contributed by atoms with Gasteiger partial charge >= 0.3 is 0 Å². The normalized spacial score (nSPS) is 11.7. The van der Waals surface area contributed by atoms with Crippen LogP contribution in [0.2, 0.25) is 0 Å². The molecule has 8 nitrogen and oxygen atoms in total. The summed E-state index contributed by atoms with van der Waals surface area (Å²) in [7, 11) is -3.10. The van der Waals surface area contributed by atoms with Gasteiger partial charge in [0.2, 0.25) is 0 Å². The van der Waals surface area contributed by atoms with E-state index in [0.29, 0.717) is 17.1 Å². The fraction of sp³-hybridized carbons (Fsp3) is 0.0769. The molecular formula is C13H14N4O4S. The Morgan fingerprint density at radius 1 is 1.05 bits per heavy atom. The van der Waals surface area contributed by atoms with E-state index >= 15 is 0 Å². The Hall–Kier alpha value is -2.65. The Morgan fingerprint density at radius 3 is 2.27 bits per heavy atom.